The van der Waals surface area contributed by atoms with E-state index in [9.17, 15) is 19.5 Å². The van der Waals surface area contributed by atoms with Gasteiger partial charge in [0.1, 0.15) is 11.4 Å². The van der Waals surface area contributed by atoms with E-state index < -0.39 is 16.8 Å². The minimum atomic E-state index is -0.735. The fourth-order valence-electron chi connectivity index (χ4n) is 2.99. The van der Waals surface area contributed by atoms with Crippen LogP contribution in [-0.2, 0) is 0 Å². The third kappa shape index (κ3) is 3.02. The van der Waals surface area contributed by atoms with Crippen LogP contribution in [0.2, 0.25) is 0 Å². The highest BCUT2D eigenvalue weighted by Crippen LogP contribution is 2.41. The average Bonchev–Trinajstić information content (AvgIpc) is 3.20. The van der Waals surface area contributed by atoms with E-state index >= 15 is 0 Å². The summed E-state index contributed by atoms with van der Waals surface area (Å²) >= 11 is 0. The van der Waals surface area contributed by atoms with Crippen molar-refractivity contribution in [2.24, 2.45) is 0 Å². The van der Waals surface area contributed by atoms with E-state index in [-0.39, 0.29) is 35.2 Å². The molecule has 0 spiro atoms. The Morgan fingerprint density at radius 3 is 2.28 bits per heavy atom. The SMILES string of the molecule is CN(C)C(=O)c1cccc(Nc2c(Nc3cccc4c3OCO4)c(=O)c2=O)c1O. The molecule has 29 heavy (non-hydrogen) atoms. The van der Waals surface area contributed by atoms with Gasteiger partial charge in [0.05, 0.1) is 16.9 Å². The van der Waals surface area contributed by atoms with E-state index in [1.165, 1.54) is 17.0 Å². The van der Waals surface area contributed by atoms with Gasteiger partial charge in [0.2, 0.25) is 6.79 Å². The van der Waals surface area contributed by atoms with Crippen LogP contribution in [0.3, 0.4) is 0 Å². The van der Waals surface area contributed by atoms with Crippen LogP contribution in [0.5, 0.6) is 17.2 Å². The zero-order valence-electron chi connectivity index (χ0n) is 15.6. The number of rotatable bonds is 5. The number of nitrogens with zero attached hydrogens (tertiary/aromatic N) is 1. The zero-order valence-corrected chi connectivity index (χ0v) is 15.6. The van der Waals surface area contributed by atoms with Crippen molar-refractivity contribution in [1.82, 2.24) is 4.90 Å². The fraction of sp³-hybridized carbons (Fsp3) is 0.150. The third-order valence-electron chi connectivity index (χ3n) is 4.50. The Kier molecular flexibility index (Phi) is 4.34. The maximum Gasteiger partial charge on any atom is 0.257 e. The Morgan fingerprint density at radius 1 is 0.966 bits per heavy atom. The summed E-state index contributed by atoms with van der Waals surface area (Å²) in [4.78, 5) is 37.7. The summed E-state index contributed by atoms with van der Waals surface area (Å²) in [6, 6.07) is 9.65. The van der Waals surface area contributed by atoms with Gasteiger partial charge in [0.15, 0.2) is 17.2 Å². The first-order valence-electron chi connectivity index (χ1n) is 8.68. The molecule has 9 heteroatoms. The lowest BCUT2D eigenvalue weighted by molar-refractivity contribution is 0.0824. The second kappa shape index (κ2) is 6.86. The van der Waals surface area contributed by atoms with Crippen molar-refractivity contribution in [2.45, 2.75) is 0 Å². The molecule has 3 aromatic carbocycles. The number of amides is 1. The van der Waals surface area contributed by atoms with E-state index in [1.807, 2.05) is 0 Å². The van der Waals surface area contributed by atoms with E-state index in [0.29, 0.717) is 17.2 Å². The predicted molar refractivity (Wildman–Crippen MR) is 107 cm³/mol. The van der Waals surface area contributed by atoms with Gasteiger partial charge >= 0.3 is 0 Å². The Morgan fingerprint density at radius 2 is 1.59 bits per heavy atom. The van der Waals surface area contributed by atoms with Gasteiger partial charge in [-0.25, -0.2) is 0 Å². The molecule has 0 atom stereocenters. The van der Waals surface area contributed by atoms with Crippen LogP contribution >= 0.6 is 0 Å². The van der Waals surface area contributed by atoms with Crippen LogP contribution in [0, 0.1) is 0 Å². The summed E-state index contributed by atoms with van der Waals surface area (Å²) in [5, 5.41) is 16.1. The molecule has 0 unspecified atom stereocenters. The van der Waals surface area contributed by atoms with Gasteiger partial charge in [-0.05, 0) is 24.3 Å². The highest BCUT2D eigenvalue weighted by molar-refractivity contribution is 5.99. The highest BCUT2D eigenvalue weighted by atomic mass is 16.7. The highest BCUT2D eigenvalue weighted by Gasteiger charge is 2.26. The largest absolute Gasteiger partial charge is 0.505 e. The molecule has 0 bridgehead atoms. The number of ether oxygens (including phenoxy) is 2. The molecule has 3 N–H and O–H groups in total. The molecule has 1 aliphatic rings. The molecular formula is C20H17N3O6. The number of fused-ring (bicyclic) bond motifs is 1. The predicted octanol–water partition coefficient (Wildman–Crippen LogP) is 1.91. The third-order valence-corrected chi connectivity index (χ3v) is 4.50. The molecule has 0 aliphatic carbocycles. The number of benzene rings is 2. The average molecular weight is 395 g/mol. The normalized spacial score (nSPS) is 12.1. The number of phenolic OH excluding ortho intramolecular Hbond substituents is 1. The van der Waals surface area contributed by atoms with Crippen LogP contribution in [0.15, 0.2) is 46.0 Å². The lowest BCUT2D eigenvalue weighted by Gasteiger charge is -2.18. The van der Waals surface area contributed by atoms with Crippen molar-refractivity contribution in [3.63, 3.8) is 0 Å². The van der Waals surface area contributed by atoms with E-state index in [1.54, 1.807) is 38.4 Å². The second-order valence-corrected chi connectivity index (χ2v) is 6.60. The number of phenols is 1. The van der Waals surface area contributed by atoms with E-state index in [2.05, 4.69) is 10.6 Å². The molecule has 1 amide bonds. The summed E-state index contributed by atoms with van der Waals surface area (Å²) in [6.45, 7) is 0.0611. The topological polar surface area (TPSA) is 117 Å². The number of hydrogen-bond donors (Lipinski definition) is 3. The smallest absolute Gasteiger partial charge is 0.257 e. The molecule has 0 saturated carbocycles. The van der Waals surface area contributed by atoms with Crippen molar-refractivity contribution in [2.75, 3.05) is 31.5 Å². The molecule has 0 fully saturated rings. The second-order valence-electron chi connectivity index (χ2n) is 6.60. The fourth-order valence-corrected chi connectivity index (χ4v) is 2.99. The zero-order chi connectivity index (χ0) is 20.7. The van der Waals surface area contributed by atoms with Crippen LogP contribution in [0.1, 0.15) is 10.4 Å². The maximum atomic E-state index is 12.2. The van der Waals surface area contributed by atoms with Crippen LogP contribution in [0.4, 0.5) is 22.7 Å². The number of carbonyl (C=O) groups excluding carboxylic acids is 1. The molecule has 0 saturated heterocycles. The van der Waals surface area contributed by atoms with Crippen LogP contribution in [0.25, 0.3) is 0 Å². The molecule has 1 aliphatic heterocycles. The number of aromatic hydroxyl groups is 1. The van der Waals surface area contributed by atoms with Crippen molar-refractivity contribution in [3.8, 4) is 17.2 Å². The standard InChI is InChI=1S/C20H17N3O6/c1-23(2)20(27)10-5-3-6-11(16(10)24)21-14-15(18(26)17(14)25)22-12-7-4-8-13-19(12)29-9-28-13/h3-8,21-22,24H,9H2,1-2H3. The minimum absolute atomic E-state index is 0.0173. The van der Waals surface area contributed by atoms with E-state index in [0.717, 1.165) is 0 Å². The Hall–Kier alpha value is -4.01. The maximum absolute atomic E-state index is 12.2. The molecule has 0 radical (unpaired) electrons. The molecular weight excluding hydrogens is 378 g/mol. The number of para-hydroxylation sites is 2. The van der Waals surface area contributed by atoms with Gasteiger partial charge in [-0.2, -0.15) is 0 Å². The molecule has 148 valence electrons. The Labute approximate surface area is 164 Å². The molecule has 1 heterocycles. The van der Waals surface area contributed by atoms with Gasteiger partial charge in [-0.15, -0.1) is 0 Å². The van der Waals surface area contributed by atoms with Gasteiger partial charge < -0.3 is 30.1 Å². The first kappa shape index (κ1) is 18.4. The van der Waals surface area contributed by atoms with Crippen LogP contribution in [-0.4, -0.2) is 36.8 Å². The van der Waals surface area contributed by atoms with Crippen LogP contribution < -0.4 is 31.0 Å². The lowest BCUT2D eigenvalue weighted by Crippen LogP contribution is -2.35. The minimum Gasteiger partial charge on any atom is -0.505 e. The molecule has 3 aromatic rings. The quantitative estimate of drug-likeness (QED) is 0.443. The molecule has 4 rings (SSSR count). The summed E-state index contributed by atoms with van der Waals surface area (Å²) in [7, 11) is 3.12. The monoisotopic (exact) mass is 395 g/mol. The number of nitrogens with one attached hydrogen (secondary N) is 2. The first-order chi connectivity index (χ1) is 13.9. The Balaban J connectivity index is 1.66. The number of anilines is 4. The van der Waals surface area contributed by atoms with E-state index in [4.69, 9.17) is 9.47 Å². The number of hydrogen-bond acceptors (Lipinski definition) is 8. The Bertz CT molecular complexity index is 1190. The number of carbonyl (C=O) groups is 1. The summed E-state index contributed by atoms with van der Waals surface area (Å²) in [5.74, 6) is 0.248. The molecule has 9 nitrogen and oxygen atoms in total. The van der Waals surface area contributed by atoms with Crippen molar-refractivity contribution < 1.29 is 19.4 Å². The lowest BCUT2D eigenvalue weighted by atomic mass is 10.1. The van der Waals surface area contributed by atoms with Gasteiger partial charge in [-0.3, -0.25) is 14.4 Å². The molecule has 0 aromatic heterocycles. The first-order valence-corrected chi connectivity index (χ1v) is 8.68. The van der Waals surface area contributed by atoms with Crippen molar-refractivity contribution in [1.29, 1.82) is 0 Å². The summed E-state index contributed by atoms with van der Waals surface area (Å²) in [6.07, 6.45) is 0. The van der Waals surface area contributed by atoms with Gasteiger partial charge in [-0.1, -0.05) is 12.1 Å². The van der Waals surface area contributed by atoms with Crippen molar-refractivity contribution in [3.05, 3.63) is 62.4 Å². The summed E-state index contributed by atoms with van der Waals surface area (Å²) < 4.78 is 10.7. The van der Waals surface area contributed by atoms with Gasteiger partial charge in [0.25, 0.3) is 16.8 Å². The summed E-state index contributed by atoms with van der Waals surface area (Å²) in [5.41, 5.74) is -0.759. The van der Waals surface area contributed by atoms with Gasteiger partial charge in [0, 0.05) is 14.1 Å². The van der Waals surface area contributed by atoms with Crippen molar-refractivity contribution >= 4 is 28.7 Å².